The topological polar surface area (TPSA) is 79.2 Å². The zero-order valence-corrected chi connectivity index (χ0v) is 23.6. The molecule has 0 bridgehead atoms. The van der Waals surface area contributed by atoms with Gasteiger partial charge >= 0.3 is 6.09 Å². The van der Waals surface area contributed by atoms with E-state index in [9.17, 15) is 15.0 Å². The maximum Gasteiger partial charge on any atom is 0.415 e. The molecule has 6 nitrogen and oxygen atoms in total. The SMILES string of the molecule is CC(C)N(C(=O)O/C=C\[C@H](C)[C@H](O)[C@@H](C)[C@@H](CO)O[Si](C(C)C)(C(C)C)C(C)C)C(C)C. The molecular formula is C25H51NO5Si. The van der Waals surface area contributed by atoms with Crippen molar-refractivity contribution in [2.45, 2.75) is 124 Å². The van der Waals surface area contributed by atoms with E-state index in [1.54, 1.807) is 11.0 Å². The van der Waals surface area contributed by atoms with E-state index >= 15 is 0 Å². The number of nitrogens with zero attached hydrogens (tertiary/aromatic N) is 1. The molecule has 0 aromatic rings. The Morgan fingerprint density at radius 2 is 1.31 bits per heavy atom. The summed E-state index contributed by atoms with van der Waals surface area (Å²) in [4.78, 5) is 14.0. The van der Waals surface area contributed by atoms with E-state index in [0.29, 0.717) is 16.6 Å². The normalized spacial score (nSPS) is 17.0. The third kappa shape index (κ3) is 7.85. The Bertz CT molecular complexity index is 547. The zero-order valence-electron chi connectivity index (χ0n) is 22.6. The summed E-state index contributed by atoms with van der Waals surface area (Å²) in [6.07, 6.45) is 1.47. The summed E-state index contributed by atoms with van der Waals surface area (Å²) in [6.45, 7) is 24.7. The van der Waals surface area contributed by atoms with Crippen molar-refractivity contribution in [3.8, 4) is 0 Å². The lowest BCUT2D eigenvalue weighted by molar-refractivity contribution is -0.0165. The predicted octanol–water partition coefficient (Wildman–Crippen LogP) is 5.94. The standard InChI is InChI=1S/C25H51NO5Si/c1-16(2)26(17(3)4)25(29)30-14-13-21(11)24(28)22(12)23(15-27)31-32(18(5)6,19(7)8)20(9)10/h13-14,16-24,27-28H,15H2,1-12H3/b14-13-/t21-,22-,23+,24-/m0/s1. The number of aliphatic hydroxyl groups is 2. The third-order valence-electron chi connectivity index (χ3n) is 6.78. The molecule has 7 heteroatoms. The third-order valence-corrected chi connectivity index (χ3v) is 12.9. The maximum absolute atomic E-state index is 12.4. The molecule has 190 valence electrons. The molecule has 0 fully saturated rings. The minimum atomic E-state index is -2.19. The van der Waals surface area contributed by atoms with Crippen molar-refractivity contribution in [2.75, 3.05) is 6.61 Å². The van der Waals surface area contributed by atoms with Crippen LogP contribution in [0.5, 0.6) is 0 Å². The summed E-state index contributed by atoms with van der Waals surface area (Å²) in [5, 5.41) is 21.1. The van der Waals surface area contributed by atoms with Gasteiger partial charge in [-0.25, -0.2) is 4.79 Å². The van der Waals surface area contributed by atoms with Crippen LogP contribution in [0.25, 0.3) is 0 Å². The second-order valence-corrected chi connectivity index (χ2v) is 16.1. The van der Waals surface area contributed by atoms with Crippen molar-refractivity contribution in [2.24, 2.45) is 11.8 Å². The molecule has 0 unspecified atom stereocenters. The molecular weight excluding hydrogens is 422 g/mol. The highest BCUT2D eigenvalue weighted by molar-refractivity contribution is 6.77. The van der Waals surface area contributed by atoms with Gasteiger partial charge in [0, 0.05) is 23.9 Å². The molecule has 0 rings (SSSR count). The van der Waals surface area contributed by atoms with Crippen molar-refractivity contribution >= 4 is 14.4 Å². The Balaban J connectivity index is 5.35. The fourth-order valence-corrected chi connectivity index (χ4v) is 10.7. The molecule has 4 atom stereocenters. The van der Waals surface area contributed by atoms with Crippen LogP contribution in [-0.4, -0.2) is 60.4 Å². The van der Waals surface area contributed by atoms with Gasteiger partial charge in [0.15, 0.2) is 0 Å². The van der Waals surface area contributed by atoms with Crippen LogP contribution in [0.3, 0.4) is 0 Å². The van der Waals surface area contributed by atoms with Gasteiger partial charge in [-0.1, -0.05) is 55.4 Å². The van der Waals surface area contributed by atoms with E-state index < -0.39 is 26.6 Å². The first-order valence-corrected chi connectivity index (χ1v) is 14.4. The predicted molar refractivity (Wildman–Crippen MR) is 135 cm³/mol. The highest BCUT2D eigenvalue weighted by Crippen LogP contribution is 2.44. The minimum absolute atomic E-state index is 0.0358. The lowest BCUT2D eigenvalue weighted by atomic mass is 9.89. The second kappa shape index (κ2) is 13.7. The Hall–Kier alpha value is -0.893. The highest BCUT2D eigenvalue weighted by atomic mass is 28.4. The molecule has 2 N–H and O–H groups in total. The number of ether oxygens (including phenoxy) is 1. The molecule has 0 saturated carbocycles. The molecule has 0 radical (unpaired) electrons. The number of hydrogen-bond donors (Lipinski definition) is 2. The fraction of sp³-hybridized carbons (Fsp3) is 0.880. The molecule has 0 saturated heterocycles. The lowest BCUT2D eigenvalue weighted by Gasteiger charge is -2.46. The molecule has 0 aliphatic heterocycles. The Kier molecular flexibility index (Phi) is 13.3. The summed E-state index contributed by atoms with van der Waals surface area (Å²) in [5.74, 6) is -0.545. The van der Waals surface area contributed by atoms with Gasteiger partial charge in [-0.3, -0.25) is 0 Å². The smallest absolute Gasteiger partial charge is 0.415 e. The van der Waals surface area contributed by atoms with Crippen molar-refractivity contribution in [1.82, 2.24) is 4.90 Å². The van der Waals surface area contributed by atoms with Crippen LogP contribution in [0.2, 0.25) is 16.6 Å². The second-order valence-electron chi connectivity index (χ2n) is 10.7. The van der Waals surface area contributed by atoms with Gasteiger partial charge < -0.3 is 24.3 Å². The molecule has 32 heavy (non-hydrogen) atoms. The summed E-state index contributed by atoms with van der Waals surface area (Å²) in [7, 11) is -2.19. The molecule has 0 aromatic heterocycles. The summed E-state index contributed by atoms with van der Waals surface area (Å²) >= 11 is 0. The van der Waals surface area contributed by atoms with Gasteiger partial charge in [0.2, 0.25) is 8.32 Å². The molecule has 1 amide bonds. The monoisotopic (exact) mass is 473 g/mol. The van der Waals surface area contributed by atoms with Crippen LogP contribution >= 0.6 is 0 Å². The largest absolute Gasteiger partial charge is 0.418 e. The highest BCUT2D eigenvalue weighted by Gasteiger charge is 2.47. The van der Waals surface area contributed by atoms with Gasteiger partial charge in [0.1, 0.15) is 0 Å². The first-order chi connectivity index (χ1) is 14.6. The zero-order chi connectivity index (χ0) is 25.4. The lowest BCUT2D eigenvalue weighted by Crippen LogP contribution is -2.53. The number of carbonyl (C=O) groups excluding carboxylic acids is 1. The van der Waals surface area contributed by atoms with Crippen LogP contribution in [-0.2, 0) is 9.16 Å². The van der Waals surface area contributed by atoms with Crippen molar-refractivity contribution in [3.05, 3.63) is 12.3 Å². The number of aliphatic hydroxyl groups excluding tert-OH is 2. The van der Waals surface area contributed by atoms with E-state index in [1.807, 2.05) is 41.5 Å². The van der Waals surface area contributed by atoms with E-state index in [4.69, 9.17) is 9.16 Å². The number of rotatable bonds is 13. The first kappa shape index (κ1) is 31.1. The average molecular weight is 474 g/mol. The van der Waals surface area contributed by atoms with Gasteiger partial charge in [0.05, 0.1) is 25.1 Å². The minimum Gasteiger partial charge on any atom is -0.418 e. The van der Waals surface area contributed by atoms with Gasteiger partial charge in [-0.2, -0.15) is 0 Å². The first-order valence-electron chi connectivity index (χ1n) is 12.3. The van der Waals surface area contributed by atoms with E-state index in [1.165, 1.54) is 6.26 Å². The average Bonchev–Trinajstić information content (AvgIpc) is 2.66. The van der Waals surface area contributed by atoms with Crippen molar-refractivity contribution in [1.29, 1.82) is 0 Å². The number of carbonyl (C=O) groups is 1. The maximum atomic E-state index is 12.4. The van der Waals surface area contributed by atoms with Gasteiger partial charge in [-0.05, 0) is 50.4 Å². The van der Waals surface area contributed by atoms with Crippen molar-refractivity contribution < 1.29 is 24.2 Å². The van der Waals surface area contributed by atoms with Gasteiger partial charge in [-0.15, -0.1) is 0 Å². The van der Waals surface area contributed by atoms with E-state index in [2.05, 4.69) is 41.5 Å². The Morgan fingerprint density at radius 1 is 0.875 bits per heavy atom. The van der Waals surface area contributed by atoms with Crippen LogP contribution in [0.1, 0.15) is 83.1 Å². The molecule has 0 aliphatic rings. The molecule has 0 spiro atoms. The molecule has 0 heterocycles. The van der Waals surface area contributed by atoms with E-state index in [0.717, 1.165) is 0 Å². The fourth-order valence-electron chi connectivity index (χ4n) is 5.09. The number of amides is 1. The van der Waals surface area contributed by atoms with Crippen LogP contribution in [0, 0.1) is 11.8 Å². The van der Waals surface area contributed by atoms with E-state index in [-0.39, 0.29) is 30.5 Å². The van der Waals surface area contributed by atoms with Crippen LogP contribution < -0.4 is 0 Å². The Labute approximate surface area is 198 Å². The quantitative estimate of drug-likeness (QED) is 0.255. The van der Waals surface area contributed by atoms with Crippen LogP contribution in [0.4, 0.5) is 4.79 Å². The summed E-state index contributed by atoms with van der Waals surface area (Å²) < 4.78 is 12.1. The van der Waals surface area contributed by atoms with Crippen molar-refractivity contribution in [3.63, 3.8) is 0 Å². The van der Waals surface area contributed by atoms with Crippen LogP contribution in [0.15, 0.2) is 12.3 Å². The summed E-state index contributed by atoms with van der Waals surface area (Å²) in [5.41, 5.74) is 1.17. The summed E-state index contributed by atoms with van der Waals surface area (Å²) in [6, 6.07) is 0.0717. The molecule has 0 aromatic carbocycles. The van der Waals surface area contributed by atoms with Gasteiger partial charge in [0.25, 0.3) is 0 Å². The Morgan fingerprint density at radius 3 is 1.66 bits per heavy atom. The number of hydrogen-bond acceptors (Lipinski definition) is 5. The molecule has 0 aliphatic carbocycles.